The first kappa shape index (κ1) is 27.6. The Balaban J connectivity index is 1.64. The molecule has 0 radical (unpaired) electrons. The van der Waals surface area contributed by atoms with Gasteiger partial charge in [-0.05, 0) is 46.2 Å². The van der Waals surface area contributed by atoms with Crippen LogP contribution in [-0.4, -0.2) is 49.5 Å². The van der Waals surface area contributed by atoms with Crippen molar-refractivity contribution in [2.45, 2.75) is 52.6 Å². The molecule has 0 bridgehead atoms. The smallest absolute Gasteiger partial charge is 0.310 e. The lowest BCUT2D eigenvalue weighted by Crippen LogP contribution is -2.50. The number of carbonyl (C=O) groups excluding carboxylic acids is 1. The van der Waals surface area contributed by atoms with E-state index in [1.165, 1.54) is 6.07 Å². The molecule has 1 aromatic carbocycles. The van der Waals surface area contributed by atoms with Gasteiger partial charge in [0.25, 0.3) is 0 Å². The average molecular weight is 550 g/mol. The summed E-state index contributed by atoms with van der Waals surface area (Å²) in [5, 5.41) is 19.5. The fourth-order valence-electron chi connectivity index (χ4n) is 4.95. The van der Waals surface area contributed by atoms with E-state index in [4.69, 9.17) is 11.6 Å². The molecule has 38 heavy (non-hydrogen) atoms. The molecule has 12 heteroatoms. The van der Waals surface area contributed by atoms with Crippen LogP contribution in [0.3, 0.4) is 0 Å². The number of likely N-dealkylation sites (tertiary alicyclic amines) is 1. The maximum atomic E-state index is 15.4. The number of aliphatic carboxylic acids is 1. The molecule has 3 aromatic rings. The first-order chi connectivity index (χ1) is 17.9. The molecule has 202 valence electrons. The van der Waals surface area contributed by atoms with Gasteiger partial charge >= 0.3 is 5.97 Å². The third-order valence-corrected chi connectivity index (χ3v) is 7.29. The second kappa shape index (κ2) is 10.7. The van der Waals surface area contributed by atoms with E-state index in [-0.39, 0.29) is 54.9 Å². The van der Waals surface area contributed by atoms with Crippen molar-refractivity contribution in [3.8, 4) is 0 Å². The fraction of sp³-hybridized carbons (Fsp3) is 0.385. The summed E-state index contributed by atoms with van der Waals surface area (Å²) in [6.07, 6.45) is -0.170. The van der Waals surface area contributed by atoms with Gasteiger partial charge in [-0.3, -0.25) is 19.6 Å². The first-order valence-electron chi connectivity index (χ1n) is 12.0. The van der Waals surface area contributed by atoms with Crippen molar-refractivity contribution in [2.24, 2.45) is 5.41 Å². The number of piperidine rings is 1. The molecule has 1 aliphatic rings. The number of halogens is 4. The molecular formula is C26H27ClF3N5O3. The maximum Gasteiger partial charge on any atom is 0.310 e. The van der Waals surface area contributed by atoms with Gasteiger partial charge < -0.3 is 10.4 Å². The van der Waals surface area contributed by atoms with E-state index in [2.05, 4.69) is 20.5 Å². The SMILES string of the molecule is CC(=O)c1c(F)c(C[C@@]2(C(=O)O)CCN(Cc3cccc(Cl)c3F)[C@H](C)C2)nc(Nc2cc(C)[nH]n2)c1F. The number of aromatic nitrogens is 3. The van der Waals surface area contributed by atoms with Crippen LogP contribution in [0, 0.1) is 29.8 Å². The number of Topliss-reactive ketones (excluding diaryl/α,β-unsaturated/α-hetero) is 1. The number of nitrogens with one attached hydrogen (secondary N) is 2. The van der Waals surface area contributed by atoms with E-state index in [0.29, 0.717) is 11.3 Å². The first-order valence-corrected chi connectivity index (χ1v) is 12.4. The number of benzene rings is 1. The van der Waals surface area contributed by atoms with E-state index in [1.54, 1.807) is 25.1 Å². The van der Waals surface area contributed by atoms with Crippen LogP contribution in [-0.2, 0) is 17.8 Å². The highest BCUT2D eigenvalue weighted by molar-refractivity contribution is 6.30. The summed E-state index contributed by atoms with van der Waals surface area (Å²) in [7, 11) is 0. The van der Waals surface area contributed by atoms with Crippen LogP contribution in [0.1, 0.15) is 54.0 Å². The quantitative estimate of drug-likeness (QED) is 0.321. The van der Waals surface area contributed by atoms with Crippen LogP contribution in [0.25, 0.3) is 0 Å². The third-order valence-electron chi connectivity index (χ3n) is 7.00. The molecule has 8 nitrogen and oxygen atoms in total. The largest absolute Gasteiger partial charge is 0.481 e. The van der Waals surface area contributed by atoms with Gasteiger partial charge in [0.2, 0.25) is 0 Å². The molecule has 0 amide bonds. The molecule has 2 aromatic heterocycles. The van der Waals surface area contributed by atoms with Gasteiger partial charge in [0.05, 0.1) is 21.7 Å². The van der Waals surface area contributed by atoms with E-state index < -0.39 is 46.0 Å². The molecule has 0 saturated carbocycles. The Morgan fingerprint density at radius 2 is 2.00 bits per heavy atom. The summed E-state index contributed by atoms with van der Waals surface area (Å²) in [6, 6.07) is 5.95. The Kier molecular flexibility index (Phi) is 7.80. The minimum absolute atomic E-state index is 0.000549. The standard InChI is InChI=1S/C26H27ClF3N5O3/c1-13-9-19(34-33-13)32-24-23(30)20(15(3)36)22(29)18(31-24)11-26(25(37)38)7-8-35(14(2)10-26)12-16-5-4-6-17(27)21(16)28/h4-6,9,14H,7-8,10-12H2,1-3H3,(H,37,38)(H2,31,32,33,34)/t14-,26-/m1/s1. The Labute approximate surface area is 222 Å². The van der Waals surface area contributed by atoms with Crippen molar-refractivity contribution in [1.29, 1.82) is 0 Å². The molecule has 1 saturated heterocycles. The highest BCUT2D eigenvalue weighted by atomic mass is 35.5. The second-order valence-corrected chi connectivity index (χ2v) is 10.2. The number of hydrogen-bond donors (Lipinski definition) is 3. The van der Waals surface area contributed by atoms with Crippen molar-refractivity contribution in [3.05, 3.63) is 69.3 Å². The van der Waals surface area contributed by atoms with Gasteiger partial charge in [0.1, 0.15) is 5.82 Å². The number of aromatic amines is 1. The zero-order chi connectivity index (χ0) is 27.8. The molecule has 0 unspecified atom stereocenters. The normalized spacial score (nSPS) is 19.9. The van der Waals surface area contributed by atoms with E-state index in [1.807, 2.05) is 11.8 Å². The molecule has 3 N–H and O–H groups in total. The predicted octanol–water partition coefficient (Wildman–Crippen LogP) is 5.43. The van der Waals surface area contributed by atoms with Crippen LogP contribution in [0.15, 0.2) is 24.3 Å². The summed E-state index contributed by atoms with van der Waals surface area (Å²) in [6.45, 7) is 5.05. The minimum atomic E-state index is -1.44. The van der Waals surface area contributed by atoms with E-state index in [9.17, 15) is 19.1 Å². The Morgan fingerprint density at radius 1 is 1.26 bits per heavy atom. The number of carbonyl (C=O) groups is 2. The van der Waals surface area contributed by atoms with Gasteiger partial charge in [-0.15, -0.1) is 0 Å². The number of H-pyrrole nitrogens is 1. The van der Waals surface area contributed by atoms with Crippen molar-refractivity contribution in [2.75, 3.05) is 11.9 Å². The maximum absolute atomic E-state index is 15.4. The van der Waals surface area contributed by atoms with Crippen molar-refractivity contribution in [3.63, 3.8) is 0 Å². The van der Waals surface area contributed by atoms with Gasteiger partial charge in [-0.2, -0.15) is 5.10 Å². The van der Waals surface area contributed by atoms with Crippen LogP contribution >= 0.6 is 11.6 Å². The lowest BCUT2D eigenvalue weighted by Gasteiger charge is -2.43. The molecule has 1 fully saturated rings. The zero-order valence-electron chi connectivity index (χ0n) is 21.0. The summed E-state index contributed by atoms with van der Waals surface area (Å²) >= 11 is 5.90. The number of aryl methyl sites for hydroxylation is 1. The van der Waals surface area contributed by atoms with Crippen LogP contribution in [0.2, 0.25) is 5.02 Å². The summed E-state index contributed by atoms with van der Waals surface area (Å²) in [4.78, 5) is 30.7. The lowest BCUT2D eigenvalue weighted by atomic mass is 9.72. The summed E-state index contributed by atoms with van der Waals surface area (Å²) in [5.74, 6) is -5.15. The molecule has 4 rings (SSSR count). The van der Waals surface area contributed by atoms with Gasteiger partial charge in [0.15, 0.2) is 29.1 Å². The number of anilines is 2. The van der Waals surface area contributed by atoms with Gasteiger partial charge in [-0.1, -0.05) is 23.7 Å². The lowest BCUT2D eigenvalue weighted by molar-refractivity contribution is -0.153. The zero-order valence-corrected chi connectivity index (χ0v) is 21.8. The minimum Gasteiger partial charge on any atom is -0.481 e. The number of nitrogens with zero attached hydrogens (tertiary/aromatic N) is 3. The molecule has 0 aliphatic carbocycles. The third kappa shape index (κ3) is 5.39. The number of ketones is 1. The van der Waals surface area contributed by atoms with Crippen LogP contribution < -0.4 is 5.32 Å². The van der Waals surface area contributed by atoms with Gasteiger partial charge in [0, 0.05) is 36.3 Å². The number of rotatable bonds is 8. The molecule has 3 heterocycles. The summed E-state index contributed by atoms with van der Waals surface area (Å²) in [5.41, 5.74) is -1.52. The van der Waals surface area contributed by atoms with Crippen molar-refractivity contribution < 1.29 is 27.9 Å². The Hall–Kier alpha value is -3.44. The Bertz CT molecular complexity index is 1400. The Morgan fingerprint density at radius 3 is 2.61 bits per heavy atom. The second-order valence-electron chi connectivity index (χ2n) is 9.78. The fourth-order valence-corrected chi connectivity index (χ4v) is 5.15. The molecular weight excluding hydrogens is 523 g/mol. The molecule has 0 spiro atoms. The molecule has 1 aliphatic heterocycles. The monoisotopic (exact) mass is 549 g/mol. The number of carboxylic acids is 1. The molecule has 2 atom stereocenters. The topological polar surface area (TPSA) is 111 Å². The van der Waals surface area contributed by atoms with Gasteiger partial charge in [-0.25, -0.2) is 18.2 Å². The number of carboxylic acid groups (broad SMARTS) is 1. The van der Waals surface area contributed by atoms with Crippen molar-refractivity contribution in [1.82, 2.24) is 20.1 Å². The average Bonchev–Trinajstić information content (AvgIpc) is 3.26. The highest BCUT2D eigenvalue weighted by Crippen LogP contribution is 2.40. The number of hydrogen-bond acceptors (Lipinski definition) is 6. The van der Waals surface area contributed by atoms with E-state index >= 15 is 8.78 Å². The summed E-state index contributed by atoms with van der Waals surface area (Å²) < 4.78 is 44.9. The highest BCUT2D eigenvalue weighted by Gasteiger charge is 2.46. The van der Waals surface area contributed by atoms with Crippen LogP contribution in [0.5, 0.6) is 0 Å². The van der Waals surface area contributed by atoms with E-state index in [0.717, 1.165) is 6.92 Å². The number of pyridine rings is 1. The predicted molar refractivity (Wildman–Crippen MR) is 135 cm³/mol. The van der Waals surface area contributed by atoms with Crippen LogP contribution in [0.4, 0.5) is 24.8 Å². The van der Waals surface area contributed by atoms with Crippen molar-refractivity contribution >= 4 is 35.0 Å².